The van der Waals surface area contributed by atoms with Gasteiger partial charge < -0.3 is 0 Å². The van der Waals surface area contributed by atoms with Crippen molar-refractivity contribution in [1.82, 2.24) is 0 Å². The molecular weight excluding hydrogens is 641 g/mol. The zero-order valence-electron chi connectivity index (χ0n) is 35.6. The van der Waals surface area contributed by atoms with Crippen molar-refractivity contribution in [1.29, 1.82) is 10.5 Å². The summed E-state index contributed by atoms with van der Waals surface area (Å²) in [6.07, 6.45) is 50.5. The van der Waals surface area contributed by atoms with Gasteiger partial charge in [-0.15, -0.1) is 0 Å². The molecule has 6 aliphatic rings. The number of hydrogen-bond donors (Lipinski definition) is 0. The Bertz CT molecular complexity index is 1020. The van der Waals surface area contributed by atoms with Gasteiger partial charge in [-0.2, -0.15) is 10.5 Å². The summed E-state index contributed by atoms with van der Waals surface area (Å²) < 4.78 is 0. The molecule has 6 rings (SSSR count). The Morgan fingerprint density at radius 3 is 0.981 bits per heavy atom. The van der Waals surface area contributed by atoms with Crippen LogP contribution >= 0.6 is 0 Å². The van der Waals surface area contributed by atoms with E-state index in [0.29, 0.717) is 11.8 Å². The molecule has 4 unspecified atom stereocenters. The Hall–Kier alpha value is -1.02. The van der Waals surface area contributed by atoms with Gasteiger partial charge in [0.05, 0.1) is 12.1 Å². The molecule has 0 spiro atoms. The molecule has 6 fully saturated rings. The summed E-state index contributed by atoms with van der Waals surface area (Å²) in [7, 11) is 0. The molecule has 0 heterocycles. The van der Waals surface area contributed by atoms with Gasteiger partial charge in [0.2, 0.25) is 0 Å². The van der Waals surface area contributed by atoms with E-state index in [2.05, 4.69) is 26.0 Å². The highest BCUT2D eigenvalue weighted by Crippen LogP contribution is 2.48. The van der Waals surface area contributed by atoms with Gasteiger partial charge in [0, 0.05) is 11.8 Å². The zero-order valence-corrected chi connectivity index (χ0v) is 35.6. The SMILES string of the molecule is CCCCCCC[C@H]1CC[C@H](C2CCC(C3CCCC(C#N)C3)CC2)CC1.CCCCCC[C@H]1CC[C@H](C2CCC(C3CCCC(C#N)C3)CC2)CC1. The van der Waals surface area contributed by atoms with Crippen LogP contribution in [-0.2, 0) is 0 Å². The molecule has 6 aliphatic carbocycles. The second kappa shape index (κ2) is 24.6. The van der Waals surface area contributed by atoms with Gasteiger partial charge in [-0.3, -0.25) is 0 Å². The fourth-order valence-electron chi connectivity index (χ4n) is 13.5. The van der Waals surface area contributed by atoms with E-state index in [-0.39, 0.29) is 0 Å². The van der Waals surface area contributed by atoms with Crippen molar-refractivity contribution in [3.05, 3.63) is 0 Å². The lowest BCUT2D eigenvalue weighted by Gasteiger charge is -2.41. The molecule has 6 saturated carbocycles. The normalized spacial score (nSPS) is 38.1. The number of nitriles is 2. The summed E-state index contributed by atoms with van der Waals surface area (Å²) in [5.74, 6) is 10.7. The standard InChI is InChI=1S/C26H45N.C25H43N/c1-2-3-4-5-6-8-21-11-13-23(14-12-21)24-15-17-25(18-16-24)26-10-7-9-22(19-26)20-27;1-2-3-4-5-7-20-10-12-22(13-11-20)23-14-16-24(17-15-23)25-9-6-8-21(18-25)19-26/h21-26H,2-19H2,1H3;20-25H,2-18H2,1H3/t21-,22?,23-,24?,25?,26?;20-,21?,22-,23?,24?,25?. The molecule has 0 aromatic carbocycles. The molecule has 0 saturated heterocycles. The average molecular weight is 729 g/mol. The summed E-state index contributed by atoms with van der Waals surface area (Å²) in [6, 6.07) is 5.12. The molecule has 0 amide bonds. The lowest BCUT2D eigenvalue weighted by atomic mass is 9.64. The van der Waals surface area contributed by atoms with E-state index in [4.69, 9.17) is 0 Å². The minimum atomic E-state index is 0.374. The van der Waals surface area contributed by atoms with Crippen LogP contribution in [-0.4, -0.2) is 0 Å². The van der Waals surface area contributed by atoms with Gasteiger partial charge >= 0.3 is 0 Å². The van der Waals surface area contributed by atoms with Crippen LogP contribution < -0.4 is 0 Å². The van der Waals surface area contributed by atoms with Crippen LogP contribution in [0.1, 0.15) is 239 Å². The quantitative estimate of drug-likeness (QED) is 0.158. The lowest BCUT2D eigenvalue weighted by molar-refractivity contribution is 0.105. The third-order valence-electron chi connectivity index (χ3n) is 17.1. The maximum Gasteiger partial charge on any atom is 0.0655 e. The van der Waals surface area contributed by atoms with E-state index >= 15 is 0 Å². The summed E-state index contributed by atoms with van der Waals surface area (Å²) in [5.41, 5.74) is 0. The van der Waals surface area contributed by atoms with Gasteiger partial charge in [0.25, 0.3) is 0 Å². The summed E-state index contributed by atoms with van der Waals surface area (Å²) in [5, 5.41) is 18.6. The lowest BCUT2D eigenvalue weighted by Crippen LogP contribution is -2.30. The first-order chi connectivity index (χ1) is 26.1. The van der Waals surface area contributed by atoms with E-state index in [1.54, 1.807) is 0 Å². The van der Waals surface area contributed by atoms with Crippen LogP contribution in [0.5, 0.6) is 0 Å². The minimum absolute atomic E-state index is 0.374. The highest BCUT2D eigenvalue weighted by atomic mass is 14.4. The summed E-state index contributed by atoms with van der Waals surface area (Å²) in [4.78, 5) is 0. The predicted octanol–water partition coefficient (Wildman–Crippen LogP) is 16.2. The number of unbranched alkanes of at least 4 members (excludes halogenated alkanes) is 7. The van der Waals surface area contributed by atoms with Gasteiger partial charge in [-0.05, 0) is 162 Å². The van der Waals surface area contributed by atoms with Gasteiger partial charge in [-0.25, -0.2) is 0 Å². The fraction of sp³-hybridized carbons (Fsp3) is 0.961. The first kappa shape index (κ1) is 43.1. The second-order valence-corrected chi connectivity index (χ2v) is 20.5. The first-order valence-corrected chi connectivity index (χ1v) is 24.9. The maximum atomic E-state index is 9.28. The van der Waals surface area contributed by atoms with Crippen molar-refractivity contribution >= 4 is 0 Å². The molecule has 0 aliphatic heterocycles. The van der Waals surface area contributed by atoms with Crippen molar-refractivity contribution < 1.29 is 0 Å². The number of hydrogen-bond acceptors (Lipinski definition) is 2. The second-order valence-electron chi connectivity index (χ2n) is 20.5. The van der Waals surface area contributed by atoms with Crippen LogP contribution in [0, 0.1) is 93.7 Å². The van der Waals surface area contributed by atoms with Crippen LogP contribution in [0.2, 0.25) is 0 Å². The van der Waals surface area contributed by atoms with Crippen LogP contribution in [0.25, 0.3) is 0 Å². The molecule has 0 aromatic heterocycles. The van der Waals surface area contributed by atoms with E-state index in [9.17, 15) is 10.5 Å². The fourth-order valence-corrected chi connectivity index (χ4v) is 13.5. The van der Waals surface area contributed by atoms with E-state index in [1.807, 2.05) is 0 Å². The Balaban J connectivity index is 0.000000204. The molecule has 302 valence electrons. The predicted molar refractivity (Wildman–Crippen MR) is 226 cm³/mol. The van der Waals surface area contributed by atoms with Crippen molar-refractivity contribution in [3.63, 3.8) is 0 Å². The average Bonchev–Trinajstić information content (AvgIpc) is 3.23. The minimum Gasteiger partial charge on any atom is -0.198 e. The Morgan fingerprint density at radius 1 is 0.340 bits per heavy atom. The highest BCUT2D eigenvalue weighted by molar-refractivity contribution is 4.93. The van der Waals surface area contributed by atoms with Crippen LogP contribution in [0.15, 0.2) is 0 Å². The molecule has 0 radical (unpaired) electrons. The molecule has 53 heavy (non-hydrogen) atoms. The Morgan fingerprint density at radius 2 is 0.642 bits per heavy atom. The third kappa shape index (κ3) is 14.5. The van der Waals surface area contributed by atoms with Crippen molar-refractivity contribution in [2.24, 2.45) is 71.0 Å². The van der Waals surface area contributed by atoms with E-state index in [0.717, 1.165) is 59.2 Å². The Labute approximate surface area is 331 Å². The summed E-state index contributed by atoms with van der Waals surface area (Å²) >= 11 is 0. The van der Waals surface area contributed by atoms with Crippen molar-refractivity contribution in [3.8, 4) is 12.1 Å². The molecular formula is C51H88N2. The van der Waals surface area contributed by atoms with Crippen LogP contribution in [0.4, 0.5) is 0 Å². The molecule has 0 aromatic rings. The number of rotatable bonds is 15. The molecule has 0 N–H and O–H groups in total. The smallest absolute Gasteiger partial charge is 0.0655 e. The van der Waals surface area contributed by atoms with Crippen molar-refractivity contribution in [2.45, 2.75) is 239 Å². The van der Waals surface area contributed by atoms with Gasteiger partial charge in [0.1, 0.15) is 0 Å². The van der Waals surface area contributed by atoms with Gasteiger partial charge in [0.15, 0.2) is 0 Å². The van der Waals surface area contributed by atoms with Crippen LogP contribution in [0.3, 0.4) is 0 Å². The largest absolute Gasteiger partial charge is 0.198 e. The Kier molecular flexibility index (Phi) is 20.0. The topological polar surface area (TPSA) is 47.6 Å². The molecule has 0 bridgehead atoms. The molecule has 4 atom stereocenters. The molecule has 2 heteroatoms. The first-order valence-electron chi connectivity index (χ1n) is 24.9. The highest BCUT2D eigenvalue weighted by Gasteiger charge is 2.36. The third-order valence-corrected chi connectivity index (χ3v) is 17.1. The zero-order chi connectivity index (χ0) is 37.1. The van der Waals surface area contributed by atoms with Gasteiger partial charge in [-0.1, -0.05) is 136 Å². The monoisotopic (exact) mass is 729 g/mol. The van der Waals surface area contributed by atoms with E-state index < -0.39 is 0 Å². The molecule has 2 nitrogen and oxygen atoms in total. The summed E-state index contributed by atoms with van der Waals surface area (Å²) in [6.45, 7) is 4.63. The van der Waals surface area contributed by atoms with Crippen molar-refractivity contribution in [2.75, 3.05) is 0 Å². The van der Waals surface area contributed by atoms with E-state index in [1.165, 1.54) is 225 Å². The number of nitrogens with zero attached hydrogens (tertiary/aromatic N) is 2. The maximum absolute atomic E-state index is 9.28.